The molecule has 0 heterocycles. The normalized spacial score (nSPS) is 27.2. The number of urea groups is 1. The van der Waals surface area contributed by atoms with E-state index in [2.05, 4.69) is 44.0 Å². The van der Waals surface area contributed by atoms with Gasteiger partial charge in [0.05, 0.1) is 0 Å². The number of carbonyl (C=O) groups excluding carboxylic acids is 2. The van der Waals surface area contributed by atoms with Crippen molar-refractivity contribution < 1.29 is 9.59 Å². The summed E-state index contributed by atoms with van der Waals surface area (Å²) in [5.41, 5.74) is 0.759. The number of carbonyl (C=O) groups is 2. The lowest BCUT2D eigenvalue weighted by atomic mass is 9.53. The molecule has 0 aliphatic heterocycles. The summed E-state index contributed by atoms with van der Waals surface area (Å²) < 4.78 is 1.06. The van der Waals surface area contributed by atoms with Crippen LogP contribution in [0.2, 0.25) is 0 Å². The Balaban J connectivity index is 1.04. The molecule has 3 N–H and O–H groups in total. The molecule has 5 nitrogen and oxygen atoms in total. The number of amides is 3. The first-order chi connectivity index (χ1) is 15.9. The maximum absolute atomic E-state index is 12.5. The number of hydrogen-bond donors (Lipinski definition) is 3. The SMILES string of the molecule is O=C(CCNC(=O)NC12CC3CC(CC(C3)C1)C2)Nc1ccc(Sc2ccc(Br)cc2)cc1. The van der Waals surface area contributed by atoms with Crippen LogP contribution < -0.4 is 16.0 Å². The number of anilines is 1. The molecule has 4 bridgehead atoms. The summed E-state index contributed by atoms with van der Waals surface area (Å²) in [6.07, 6.45) is 7.70. The van der Waals surface area contributed by atoms with E-state index < -0.39 is 0 Å². The lowest BCUT2D eigenvalue weighted by Gasteiger charge is -2.56. The Morgan fingerprint density at radius 1 is 0.879 bits per heavy atom. The van der Waals surface area contributed by atoms with E-state index in [1.165, 1.54) is 19.3 Å². The average Bonchev–Trinajstić information content (AvgIpc) is 2.75. The predicted octanol–water partition coefficient (Wildman–Crippen LogP) is 6.20. The predicted molar refractivity (Wildman–Crippen MR) is 135 cm³/mol. The van der Waals surface area contributed by atoms with Crippen molar-refractivity contribution in [2.24, 2.45) is 17.8 Å². The minimum Gasteiger partial charge on any atom is -0.338 e. The molecule has 3 amide bonds. The molecular formula is C26H30BrN3O2S. The van der Waals surface area contributed by atoms with Crippen molar-refractivity contribution in [2.45, 2.75) is 60.3 Å². The summed E-state index contributed by atoms with van der Waals surface area (Å²) in [7, 11) is 0. The standard InChI is InChI=1S/C26H30BrN3O2S/c27-20-1-5-22(6-2-20)33-23-7-3-21(4-8-23)29-24(31)9-10-28-25(32)30-26-14-17-11-18(15-26)13-19(12-17)16-26/h1-8,17-19H,9-16H2,(H,29,31)(H2,28,30,32). The second-order valence-corrected chi connectivity index (χ2v) is 12.0. The summed E-state index contributed by atoms with van der Waals surface area (Å²) in [6.45, 7) is 0.335. The van der Waals surface area contributed by atoms with Gasteiger partial charge < -0.3 is 16.0 Å². The Morgan fingerprint density at radius 2 is 1.42 bits per heavy atom. The van der Waals surface area contributed by atoms with E-state index in [1.54, 1.807) is 11.8 Å². The number of halogens is 1. The van der Waals surface area contributed by atoms with Gasteiger partial charge in [-0.2, -0.15) is 0 Å². The molecule has 0 atom stereocenters. The third-order valence-electron chi connectivity index (χ3n) is 7.24. The van der Waals surface area contributed by atoms with E-state index in [1.807, 2.05) is 36.4 Å². The third kappa shape index (κ3) is 5.75. The highest BCUT2D eigenvalue weighted by Crippen LogP contribution is 2.55. The maximum atomic E-state index is 12.5. The van der Waals surface area contributed by atoms with Crippen molar-refractivity contribution in [3.05, 3.63) is 53.0 Å². The second-order valence-electron chi connectivity index (χ2n) is 9.96. The highest BCUT2D eigenvalue weighted by Gasteiger charge is 2.51. The minimum absolute atomic E-state index is 0.00288. The van der Waals surface area contributed by atoms with Gasteiger partial charge in [-0.25, -0.2) is 4.79 Å². The average molecular weight is 529 g/mol. The van der Waals surface area contributed by atoms with Gasteiger partial charge in [0.25, 0.3) is 0 Å². The zero-order chi connectivity index (χ0) is 22.8. The summed E-state index contributed by atoms with van der Waals surface area (Å²) in [6, 6.07) is 15.9. The molecule has 4 aliphatic carbocycles. The molecule has 4 aliphatic rings. The van der Waals surface area contributed by atoms with Crippen LogP contribution in [0.3, 0.4) is 0 Å². The fourth-order valence-corrected chi connectivity index (χ4v) is 7.39. The summed E-state index contributed by atoms with van der Waals surface area (Å²) in [5.74, 6) is 2.28. The smallest absolute Gasteiger partial charge is 0.315 e. The fourth-order valence-electron chi connectivity index (χ4n) is 6.31. The van der Waals surface area contributed by atoms with Crippen molar-refractivity contribution in [1.29, 1.82) is 0 Å². The molecule has 174 valence electrons. The van der Waals surface area contributed by atoms with Crippen LogP contribution in [0, 0.1) is 17.8 Å². The zero-order valence-corrected chi connectivity index (χ0v) is 21.0. The molecule has 2 aromatic carbocycles. The van der Waals surface area contributed by atoms with Gasteiger partial charge in [-0.05, 0) is 105 Å². The van der Waals surface area contributed by atoms with Crippen LogP contribution in [0.15, 0.2) is 62.8 Å². The van der Waals surface area contributed by atoms with Gasteiger partial charge in [0.1, 0.15) is 0 Å². The largest absolute Gasteiger partial charge is 0.338 e. The highest BCUT2D eigenvalue weighted by atomic mass is 79.9. The lowest BCUT2D eigenvalue weighted by molar-refractivity contribution is -0.116. The summed E-state index contributed by atoms with van der Waals surface area (Å²) in [5, 5.41) is 9.10. The first-order valence-electron chi connectivity index (χ1n) is 11.8. The molecule has 4 saturated carbocycles. The van der Waals surface area contributed by atoms with Crippen molar-refractivity contribution in [3.8, 4) is 0 Å². The molecule has 0 aromatic heterocycles. The lowest BCUT2D eigenvalue weighted by Crippen LogP contribution is -2.61. The molecule has 0 spiro atoms. The molecule has 0 saturated heterocycles. The monoisotopic (exact) mass is 527 g/mol. The molecule has 33 heavy (non-hydrogen) atoms. The van der Waals surface area contributed by atoms with Crippen molar-refractivity contribution in [3.63, 3.8) is 0 Å². The van der Waals surface area contributed by atoms with Gasteiger partial charge in [0.15, 0.2) is 0 Å². The fraction of sp³-hybridized carbons (Fsp3) is 0.462. The van der Waals surface area contributed by atoms with Crippen LogP contribution in [0.25, 0.3) is 0 Å². The van der Waals surface area contributed by atoms with Crippen LogP contribution >= 0.6 is 27.7 Å². The molecule has 0 radical (unpaired) electrons. The molecular weight excluding hydrogens is 498 g/mol. The molecule has 2 aromatic rings. The molecule has 0 unspecified atom stereocenters. The zero-order valence-electron chi connectivity index (χ0n) is 18.6. The Labute approximate surface area is 208 Å². The van der Waals surface area contributed by atoms with Crippen molar-refractivity contribution >= 4 is 45.3 Å². The van der Waals surface area contributed by atoms with E-state index in [0.29, 0.717) is 6.54 Å². The van der Waals surface area contributed by atoms with Crippen LogP contribution in [0.5, 0.6) is 0 Å². The third-order valence-corrected chi connectivity index (χ3v) is 8.79. The van der Waals surface area contributed by atoms with Crippen LogP contribution in [0.4, 0.5) is 10.5 Å². The van der Waals surface area contributed by atoms with Gasteiger partial charge in [-0.3, -0.25) is 4.79 Å². The number of benzene rings is 2. The van der Waals surface area contributed by atoms with Crippen LogP contribution in [0.1, 0.15) is 44.9 Å². The summed E-state index contributed by atoms with van der Waals surface area (Å²) in [4.78, 5) is 27.1. The first kappa shape index (κ1) is 22.8. The highest BCUT2D eigenvalue weighted by molar-refractivity contribution is 9.10. The van der Waals surface area contributed by atoms with E-state index in [0.717, 1.165) is 57.0 Å². The topological polar surface area (TPSA) is 70.2 Å². The number of rotatable bonds is 7. The summed E-state index contributed by atoms with van der Waals surface area (Å²) >= 11 is 5.12. The van der Waals surface area contributed by atoms with Gasteiger partial charge in [-0.1, -0.05) is 27.7 Å². The first-order valence-corrected chi connectivity index (χ1v) is 13.4. The van der Waals surface area contributed by atoms with Gasteiger partial charge in [-0.15, -0.1) is 0 Å². The minimum atomic E-state index is -0.126. The van der Waals surface area contributed by atoms with Gasteiger partial charge in [0.2, 0.25) is 5.91 Å². The van der Waals surface area contributed by atoms with Crippen molar-refractivity contribution in [2.75, 3.05) is 11.9 Å². The van der Waals surface area contributed by atoms with E-state index in [9.17, 15) is 9.59 Å². The molecule has 6 rings (SSSR count). The molecule has 7 heteroatoms. The van der Waals surface area contributed by atoms with Crippen LogP contribution in [-0.4, -0.2) is 24.0 Å². The van der Waals surface area contributed by atoms with Crippen LogP contribution in [-0.2, 0) is 4.79 Å². The Bertz CT molecular complexity index is 974. The Hall–Kier alpha value is -1.99. The van der Waals surface area contributed by atoms with E-state index >= 15 is 0 Å². The van der Waals surface area contributed by atoms with E-state index in [-0.39, 0.29) is 23.9 Å². The van der Waals surface area contributed by atoms with Crippen molar-refractivity contribution in [1.82, 2.24) is 10.6 Å². The number of nitrogens with one attached hydrogen (secondary N) is 3. The maximum Gasteiger partial charge on any atom is 0.315 e. The molecule has 4 fully saturated rings. The Morgan fingerprint density at radius 3 is 2.00 bits per heavy atom. The Kier molecular flexibility index (Phi) is 6.70. The second kappa shape index (κ2) is 9.71. The van der Waals surface area contributed by atoms with E-state index in [4.69, 9.17) is 0 Å². The van der Waals surface area contributed by atoms with Gasteiger partial charge in [0, 0.05) is 38.5 Å². The quantitative estimate of drug-likeness (QED) is 0.401. The number of hydrogen-bond acceptors (Lipinski definition) is 3. The van der Waals surface area contributed by atoms with Gasteiger partial charge >= 0.3 is 6.03 Å².